The van der Waals surface area contributed by atoms with Crippen molar-refractivity contribution in [3.63, 3.8) is 0 Å². The third kappa shape index (κ3) is 619000. The summed E-state index contributed by atoms with van der Waals surface area (Å²) < 4.78 is 0. The Morgan fingerprint density at radius 1 is 0.182 bits per heavy atom. The van der Waals surface area contributed by atoms with Gasteiger partial charge in [0.2, 0.25) is 0 Å². The van der Waals surface area contributed by atoms with Crippen molar-refractivity contribution in [2.24, 2.45) is 0 Å². The second kappa shape index (κ2) is 69.4. The van der Waals surface area contributed by atoms with E-state index in [1.165, 1.54) is 0 Å². The summed E-state index contributed by atoms with van der Waals surface area (Å²) in [4.78, 5) is 0. The van der Waals surface area contributed by atoms with Gasteiger partial charge in [-0.05, 0) is 0 Å². The Kier molecular flexibility index (Phi) is 118. The lowest BCUT2D eigenvalue weighted by atomic mass is 10.3. The molecule has 0 saturated heterocycles. The molecule has 30 nitrogen and oxygen atoms in total. The minimum Gasteiger partial charge on any atom is -0.402 e. The Bertz CT molecular complexity index is 221. The van der Waals surface area contributed by atoms with Gasteiger partial charge in [-0.15, -0.1) is 0 Å². The fourth-order valence-electron chi connectivity index (χ4n) is 0. The van der Waals surface area contributed by atoms with Crippen molar-refractivity contribution in [1.29, 1.82) is 0 Å². The van der Waals surface area contributed by atoms with E-state index in [4.69, 9.17) is 151 Å². The zero-order valence-corrected chi connectivity index (χ0v) is 23.9. The fraction of sp³-hybridized carbons (Fsp3) is 1.00. The molecule has 0 spiro atoms. The van der Waals surface area contributed by atoms with Crippen LogP contribution in [0.2, 0.25) is 19.6 Å². The fourth-order valence-corrected chi connectivity index (χ4v) is 0. The summed E-state index contributed by atoms with van der Waals surface area (Å²) in [6, 6.07) is 0. The van der Waals surface area contributed by atoms with Gasteiger partial charge in [-0.3, -0.25) is 0 Å². The topological polar surface area (TPSA) is 607 Å². The normalized spacial score (nSPS) is 6.95. The molecule has 0 heterocycles. The van der Waals surface area contributed by atoms with E-state index in [1.54, 1.807) is 0 Å². The number of hydrogen-bond acceptors (Lipinski definition) is 30. The van der Waals surface area contributed by atoms with E-state index in [1.807, 2.05) is 0 Å². The third-order valence-corrected chi connectivity index (χ3v) is 0. The first-order chi connectivity index (χ1) is 19.1. The summed E-state index contributed by atoms with van der Waals surface area (Å²) in [7, 11) is -21.8. The second-order valence-corrected chi connectivity index (χ2v) is 8.66. The van der Waals surface area contributed by atoms with Crippen LogP contribution in [0.15, 0.2) is 0 Å². The molecule has 0 rings (SSSR count). The van der Waals surface area contributed by atoms with Gasteiger partial charge in [-0.25, -0.2) is 0 Å². The maximum atomic E-state index is 7.17. The van der Waals surface area contributed by atoms with Gasteiger partial charge in [0.15, 0.2) is 0 Å². The standard InChI is InChI=1S/C3H10Si.10BH3O3/c1-4(2)3;10*2-1(3)4/h4H,1-3H3;10*2-4H. The van der Waals surface area contributed by atoms with Gasteiger partial charge in [0, 0.05) is 8.80 Å². The van der Waals surface area contributed by atoms with Crippen LogP contribution in [0.1, 0.15) is 0 Å². The van der Waals surface area contributed by atoms with E-state index in [0.29, 0.717) is 0 Å². The Hall–Kier alpha value is -0.334. The Balaban J connectivity index is -0.0000000302. The first-order valence-corrected chi connectivity index (χ1v) is 12.9. The molecule has 0 aliphatic rings. The molecule has 44 heavy (non-hydrogen) atoms. The van der Waals surface area contributed by atoms with E-state index >= 15 is 0 Å². The van der Waals surface area contributed by atoms with Gasteiger partial charge in [-0.1, -0.05) is 19.6 Å². The van der Waals surface area contributed by atoms with Crippen molar-refractivity contribution in [3.05, 3.63) is 0 Å². The van der Waals surface area contributed by atoms with Crippen LogP contribution in [0.5, 0.6) is 0 Å². The molecule has 0 bridgehead atoms. The zero-order chi connectivity index (χ0) is 39.4. The minimum absolute atomic E-state index is 0.139. The molecule has 0 aromatic heterocycles. The predicted octanol–water partition coefficient (Wildman–Crippen LogP) is -19.4. The highest BCUT2D eigenvalue weighted by molar-refractivity contribution is 6.54. The van der Waals surface area contributed by atoms with Gasteiger partial charge in [0.25, 0.3) is 0 Å². The van der Waals surface area contributed by atoms with Crippen molar-refractivity contribution in [1.82, 2.24) is 0 Å². The van der Waals surface area contributed by atoms with Crippen LogP contribution in [0, 0.1) is 0 Å². The van der Waals surface area contributed by atoms with Crippen LogP contribution in [0.25, 0.3) is 0 Å². The molecule has 0 unspecified atom stereocenters. The monoisotopic (exact) mass is 694 g/mol. The molecule has 0 fully saturated rings. The Morgan fingerprint density at radius 3 is 0.182 bits per heavy atom. The minimum atomic E-state index is -2.17. The predicted molar refractivity (Wildman–Crippen MR) is 149 cm³/mol. The first-order valence-electron chi connectivity index (χ1n) is 9.48. The van der Waals surface area contributed by atoms with Crippen molar-refractivity contribution < 1.29 is 151 Å². The van der Waals surface area contributed by atoms with Crippen molar-refractivity contribution in [2.75, 3.05) is 0 Å². The van der Waals surface area contributed by atoms with E-state index in [-0.39, 0.29) is 8.80 Å². The molecule has 0 aromatic rings. The molecule has 0 atom stereocenters. The maximum absolute atomic E-state index is 7.17. The van der Waals surface area contributed by atoms with Crippen LogP contribution in [-0.4, -0.2) is 233 Å². The average molecular weight is 693 g/mol. The van der Waals surface area contributed by atoms with Crippen molar-refractivity contribution in [2.45, 2.75) is 19.6 Å². The summed E-state index contributed by atoms with van der Waals surface area (Å²) in [5, 5.41) is 215. The van der Waals surface area contributed by atoms with Crippen LogP contribution in [0.4, 0.5) is 0 Å². The van der Waals surface area contributed by atoms with Gasteiger partial charge in [-0.2, -0.15) is 0 Å². The lowest BCUT2D eigenvalue weighted by Gasteiger charge is -1.75. The first kappa shape index (κ1) is 74.5. The van der Waals surface area contributed by atoms with Crippen LogP contribution in [0.3, 0.4) is 0 Å². The average Bonchev–Trinajstić information content (AvgIpc) is 2.55. The smallest absolute Gasteiger partial charge is 0.402 e. The van der Waals surface area contributed by atoms with E-state index in [0.717, 1.165) is 0 Å². The van der Waals surface area contributed by atoms with Crippen molar-refractivity contribution >= 4 is 82.0 Å². The largest absolute Gasteiger partial charge is 0.631 e. The number of rotatable bonds is 0. The molecule has 41 heteroatoms. The van der Waals surface area contributed by atoms with Crippen molar-refractivity contribution in [3.8, 4) is 0 Å². The van der Waals surface area contributed by atoms with Crippen LogP contribution in [-0.2, 0) is 0 Å². The lowest BCUT2D eigenvalue weighted by molar-refractivity contribution is 0.276. The summed E-state index contributed by atoms with van der Waals surface area (Å²) in [6.07, 6.45) is 0. The summed E-state index contributed by atoms with van der Waals surface area (Å²) in [5.74, 6) is 0. The molecule has 0 aliphatic heterocycles. The highest BCUT2D eigenvalue weighted by Gasteiger charge is 1.95. The van der Waals surface area contributed by atoms with E-state index in [9.17, 15) is 0 Å². The van der Waals surface area contributed by atoms with E-state index in [2.05, 4.69) is 19.6 Å². The summed E-state index contributed by atoms with van der Waals surface area (Å²) in [6.45, 7) is 6.92. The Labute approximate surface area is 253 Å². The maximum Gasteiger partial charge on any atom is 0.631 e. The molecular formula is C3H40B10O30Si. The summed E-state index contributed by atoms with van der Waals surface area (Å²) in [5.41, 5.74) is 0. The molecule has 30 N–H and O–H groups in total. The lowest BCUT2D eigenvalue weighted by Crippen LogP contribution is -2.07. The second-order valence-electron chi connectivity index (χ2n) is 5.20. The molecule has 0 aromatic carbocycles. The molecule has 0 aliphatic carbocycles. The third-order valence-electron chi connectivity index (χ3n) is 0. The molecular weight excluding hydrogens is 652 g/mol. The highest BCUT2D eigenvalue weighted by atomic mass is 28.3. The highest BCUT2D eigenvalue weighted by Crippen LogP contribution is 1.68. The number of hydrogen-bond donors (Lipinski definition) is 30. The summed E-state index contributed by atoms with van der Waals surface area (Å²) >= 11 is 0. The van der Waals surface area contributed by atoms with Gasteiger partial charge >= 0.3 is 73.2 Å². The van der Waals surface area contributed by atoms with Gasteiger partial charge < -0.3 is 151 Å². The Morgan fingerprint density at radius 2 is 0.182 bits per heavy atom. The molecule has 266 valence electrons. The van der Waals surface area contributed by atoms with E-state index < -0.39 is 73.2 Å². The van der Waals surface area contributed by atoms with Crippen LogP contribution >= 0.6 is 0 Å². The van der Waals surface area contributed by atoms with Crippen LogP contribution < -0.4 is 0 Å². The van der Waals surface area contributed by atoms with Gasteiger partial charge in [0.05, 0.1) is 0 Å². The quantitative estimate of drug-likeness (QED) is 0.105. The molecule has 0 saturated carbocycles. The zero-order valence-electron chi connectivity index (χ0n) is 22.8. The molecule has 0 amide bonds. The van der Waals surface area contributed by atoms with Gasteiger partial charge in [0.1, 0.15) is 0 Å². The SMILES string of the molecule is C[SiH](C)C.OB(O)O.OB(O)O.OB(O)O.OB(O)O.OB(O)O.OB(O)O.OB(O)O.OB(O)O.OB(O)O.OB(O)O. The molecule has 0 radical (unpaired) electrons.